The molecule has 0 heterocycles. The quantitative estimate of drug-likeness (QED) is 0.630. The molecule has 1 atom stereocenters. The molecule has 1 unspecified atom stereocenters. The Morgan fingerprint density at radius 3 is 2.00 bits per heavy atom. The molecule has 0 N–H and O–H groups in total. The average molecular weight is 186 g/mol. The van der Waals surface area contributed by atoms with E-state index in [1.54, 1.807) is 6.92 Å². The fourth-order valence-corrected chi connectivity index (χ4v) is 1.35. The third-order valence-corrected chi connectivity index (χ3v) is 1.91. The minimum Gasteiger partial charge on any atom is -0.452 e. The molecule has 0 aliphatic heterocycles. The van der Waals surface area contributed by atoms with Crippen molar-refractivity contribution in [2.75, 3.05) is 0 Å². The van der Waals surface area contributed by atoms with Crippen molar-refractivity contribution in [1.82, 2.24) is 0 Å². The summed E-state index contributed by atoms with van der Waals surface area (Å²) in [5.74, 6) is -0.178. The van der Waals surface area contributed by atoms with Gasteiger partial charge in [0.05, 0.1) is 0 Å². The Balaban J connectivity index is 4.52. The first-order chi connectivity index (χ1) is 5.78. The summed E-state index contributed by atoms with van der Waals surface area (Å²) in [7, 11) is 0. The molecule has 0 fully saturated rings. The van der Waals surface area contributed by atoms with Crippen LogP contribution in [0.2, 0.25) is 0 Å². The maximum atomic E-state index is 11.3. The van der Waals surface area contributed by atoms with Crippen LogP contribution < -0.4 is 0 Å². The molecule has 0 aromatic carbocycles. The fraction of sp³-hybridized carbons (Fsp3) is 0.800. The van der Waals surface area contributed by atoms with Crippen molar-refractivity contribution in [2.45, 2.75) is 46.6 Å². The standard InChI is InChI=1S/C10H18O3/c1-7(2)6-10(5,8(3)11)13-9(4)12/h7H,6H2,1-5H3. The first kappa shape index (κ1) is 12.1. The van der Waals surface area contributed by atoms with Crippen molar-refractivity contribution in [3.8, 4) is 0 Å². The molecule has 0 spiro atoms. The van der Waals surface area contributed by atoms with Crippen molar-refractivity contribution < 1.29 is 14.3 Å². The number of esters is 1. The minimum atomic E-state index is -0.944. The van der Waals surface area contributed by atoms with Crippen molar-refractivity contribution >= 4 is 11.8 Å². The Morgan fingerprint density at radius 1 is 1.31 bits per heavy atom. The molecule has 3 nitrogen and oxygen atoms in total. The fourth-order valence-electron chi connectivity index (χ4n) is 1.35. The summed E-state index contributed by atoms with van der Waals surface area (Å²) in [5.41, 5.74) is -0.944. The molecule has 13 heavy (non-hydrogen) atoms. The Morgan fingerprint density at radius 2 is 1.77 bits per heavy atom. The maximum Gasteiger partial charge on any atom is 0.303 e. The van der Waals surface area contributed by atoms with Crippen LogP contribution in [0.25, 0.3) is 0 Å². The lowest BCUT2D eigenvalue weighted by Gasteiger charge is -2.27. The van der Waals surface area contributed by atoms with Gasteiger partial charge in [0.25, 0.3) is 0 Å². The second kappa shape index (κ2) is 4.40. The zero-order valence-electron chi connectivity index (χ0n) is 9.01. The second-order valence-corrected chi connectivity index (χ2v) is 3.98. The Labute approximate surface area is 79.5 Å². The molecule has 0 aromatic heterocycles. The molecule has 76 valence electrons. The van der Waals surface area contributed by atoms with Crippen molar-refractivity contribution in [3.05, 3.63) is 0 Å². The number of carbonyl (C=O) groups excluding carboxylic acids is 2. The van der Waals surface area contributed by atoms with Gasteiger partial charge in [0.15, 0.2) is 11.4 Å². The van der Waals surface area contributed by atoms with E-state index in [-0.39, 0.29) is 5.78 Å². The van der Waals surface area contributed by atoms with Crippen LogP contribution in [-0.4, -0.2) is 17.4 Å². The highest BCUT2D eigenvalue weighted by Crippen LogP contribution is 2.22. The van der Waals surface area contributed by atoms with Crippen LogP contribution in [0.15, 0.2) is 0 Å². The highest BCUT2D eigenvalue weighted by Gasteiger charge is 2.33. The minimum absolute atomic E-state index is 0.101. The first-order valence-electron chi connectivity index (χ1n) is 4.48. The summed E-state index contributed by atoms with van der Waals surface area (Å²) in [4.78, 5) is 22.0. The lowest BCUT2D eigenvalue weighted by molar-refractivity contribution is -0.164. The van der Waals surface area contributed by atoms with Gasteiger partial charge in [0, 0.05) is 6.92 Å². The first-order valence-corrected chi connectivity index (χ1v) is 4.48. The molecule has 0 rings (SSSR count). The van der Waals surface area contributed by atoms with E-state index < -0.39 is 11.6 Å². The van der Waals surface area contributed by atoms with E-state index in [2.05, 4.69) is 0 Å². The van der Waals surface area contributed by atoms with Crippen LogP contribution in [0, 0.1) is 5.92 Å². The van der Waals surface area contributed by atoms with Gasteiger partial charge in [-0.3, -0.25) is 9.59 Å². The lowest BCUT2D eigenvalue weighted by atomic mass is 9.91. The summed E-state index contributed by atoms with van der Waals surface area (Å²) in [6, 6.07) is 0. The van der Waals surface area contributed by atoms with Crippen LogP contribution in [0.5, 0.6) is 0 Å². The third kappa shape index (κ3) is 4.06. The van der Waals surface area contributed by atoms with Crippen molar-refractivity contribution in [1.29, 1.82) is 0 Å². The lowest BCUT2D eigenvalue weighted by Crippen LogP contribution is -2.39. The van der Waals surface area contributed by atoms with Gasteiger partial charge in [-0.25, -0.2) is 0 Å². The van der Waals surface area contributed by atoms with Gasteiger partial charge in [-0.2, -0.15) is 0 Å². The molecule has 0 radical (unpaired) electrons. The molecule has 0 aromatic rings. The molecule has 0 amide bonds. The van der Waals surface area contributed by atoms with Crippen LogP contribution in [0.3, 0.4) is 0 Å². The van der Waals surface area contributed by atoms with Gasteiger partial charge in [-0.15, -0.1) is 0 Å². The van der Waals surface area contributed by atoms with Crippen molar-refractivity contribution in [3.63, 3.8) is 0 Å². The van der Waals surface area contributed by atoms with E-state index in [0.29, 0.717) is 12.3 Å². The van der Waals surface area contributed by atoms with E-state index in [1.807, 2.05) is 13.8 Å². The summed E-state index contributed by atoms with van der Waals surface area (Å²) >= 11 is 0. The average Bonchev–Trinajstić information content (AvgIpc) is 1.82. The van der Waals surface area contributed by atoms with E-state index in [1.165, 1.54) is 13.8 Å². The van der Waals surface area contributed by atoms with E-state index in [9.17, 15) is 9.59 Å². The molecule has 3 heteroatoms. The summed E-state index contributed by atoms with van der Waals surface area (Å²) < 4.78 is 5.02. The molecular weight excluding hydrogens is 168 g/mol. The number of rotatable bonds is 4. The predicted octanol–water partition coefficient (Wildman–Crippen LogP) is 1.94. The number of ether oxygens (including phenoxy) is 1. The van der Waals surface area contributed by atoms with Crippen LogP contribution in [0.4, 0.5) is 0 Å². The van der Waals surface area contributed by atoms with Gasteiger partial charge in [-0.1, -0.05) is 13.8 Å². The van der Waals surface area contributed by atoms with Gasteiger partial charge < -0.3 is 4.74 Å². The number of Topliss-reactive ketones (excluding diaryl/α,β-unsaturated/α-hetero) is 1. The molecule has 0 saturated carbocycles. The zero-order valence-corrected chi connectivity index (χ0v) is 9.01. The Hall–Kier alpha value is -0.860. The monoisotopic (exact) mass is 186 g/mol. The van der Waals surface area contributed by atoms with Crippen LogP contribution >= 0.6 is 0 Å². The Kier molecular flexibility index (Phi) is 4.11. The number of hydrogen-bond acceptors (Lipinski definition) is 3. The highest BCUT2D eigenvalue weighted by atomic mass is 16.6. The predicted molar refractivity (Wildman–Crippen MR) is 50.3 cm³/mol. The van der Waals surface area contributed by atoms with Gasteiger partial charge >= 0.3 is 5.97 Å². The molecule has 0 aliphatic carbocycles. The van der Waals surface area contributed by atoms with Gasteiger partial charge in [-0.05, 0) is 26.2 Å². The molecule has 0 bridgehead atoms. The molecule has 0 saturated heterocycles. The number of hydrogen-bond donors (Lipinski definition) is 0. The van der Waals surface area contributed by atoms with E-state index in [4.69, 9.17) is 4.74 Å². The van der Waals surface area contributed by atoms with E-state index >= 15 is 0 Å². The second-order valence-electron chi connectivity index (χ2n) is 3.98. The highest BCUT2D eigenvalue weighted by molar-refractivity contribution is 5.86. The largest absolute Gasteiger partial charge is 0.452 e. The SMILES string of the molecule is CC(=O)OC(C)(CC(C)C)C(C)=O. The van der Waals surface area contributed by atoms with Crippen LogP contribution in [0.1, 0.15) is 41.0 Å². The Bertz CT molecular complexity index is 208. The topological polar surface area (TPSA) is 43.4 Å². The molecular formula is C10H18O3. The summed E-state index contributed by atoms with van der Waals surface area (Å²) in [6.07, 6.45) is 0.571. The summed E-state index contributed by atoms with van der Waals surface area (Å²) in [6.45, 7) is 8.42. The molecule has 0 aliphatic rings. The normalized spacial score (nSPS) is 15.2. The zero-order chi connectivity index (χ0) is 10.6. The smallest absolute Gasteiger partial charge is 0.303 e. The van der Waals surface area contributed by atoms with Gasteiger partial charge in [0.1, 0.15) is 0 Å². The van der Waals surface area contributed by atoms with Crippen molar-refractivity contribution in [2.24, 2.45) is 5.92 Å². The summed E-state index contributed by atoms with van der Waals surface area (Å²) in [5, 5.41) is 0. The van der Waals surface area contributed by atoms with Gasteiger partial charge in [0.2, 0.25) is 0 Å². The number of ketones is 1. The maximum absolute atomic E-state index is 11.3. The number of carbonyl (C=O) groups is 2. The third-order valence-electron chi connectivity index (χ3n) is 1.91. The van der Waals surface area contributed by atoms with E-state index in [0.717, 1.165) is 0 Å². The van der Waals surface area contributed by atoms with Crippen LogP contribution in [-0.2, 0) is 14.3 Å².